The molecule has 20 heavy (non-hydrogen) atoms. The van der Waals surface area contributed by atoms with E-state index in [1.807, 2.05) is 19.1 Å². The van der Waals surface area contributed by atoms with Crippen LogP contribution in [0.2, 0.25) is 0 Å². The number of nitrogens with two attached hydrogens (primary N) is 1. The minimum atomic E-state index is 0.335. The summed E-state index contributed by atoms with van der Waals surface area (Å²) in [6, 6.07) is 4.26. The molecule has 2 rings (SSSR count). The highest BCUT2D eigenvalue weighted by Gasteiger charge is 2.13. The Kier molecular flexibility index (Phi) is 5.29. The van der Waals surface area contributed by atoms with Gasteiger partial charge in [0.2, 0.25) is 0 Å². The van der Waals surface area contributed by atoms with E-state index >= 15 is 0 Å². The van der Waals surface area contributed by atoms with E-state index in [0.29, 0.717) is 22.7 Å². The van der Waals surface area contributed by atoms with Crippen LogP contribution in [0, 0.1) is 6.92 Å². The number of pyridine rings is 1. The minimum absolute atomic E-state index is 0.335. The Morgan fingerprint density at radius 1 is 1.40 bits per heavy atom. The Balaban J connectivity index is 1.86. The summed E-state index contributed by atoms with van der Waals surface area (Å²) in [7, 11) is 0. The van der Waals surface area contributed by atoms with Gasteiger partial charge >= 0.3 is 0 Å². The van der Waals surface area contributed by atoms with Gasteiger partial charge in [-0.25, -0.2) is 0 Å². The summed E-state index contributed by atoms with van der Waals surface area (Å²) in [5.41, 5.74) is 10.4. The molecule has 1 aromatic rings. The predicted octanol–water partition coefficient (Wildman–Crippen LogP) is 1.81. The number of rotatable bonds is 3. The maximum Gasteiger partial charge on any atom is 0.187 e. The summed E-state index contributed by atoms with van der Waals surface area (Å²) in [6.07, 6.45) is 7.90. The first-order chi connectivity index (χ1) is 9.65. The van der Waals surface area contributed by atoms with Crippen molar-refractivity contribution < 1.29 is 0 Å². The molecule has 0 spiro atoms. The van der Waals surface area contributed by atoms with E-state index < -0.39 is 0 Å². The van der Waals surface area contributed by atoms with Crippen LogP contribution in [-0.2, 0) is 0 Å². The van der Waals surface area contributed by atoms with E-state index in [9.17, 15) is 0 Å². The van der Waals surface area contributed by atoms with Crippen molar-refractivity contribution in [3.05, 3.63) is 29.6 Å². The molecule has 0 radical (unpaired) electrons. The highest BCUT2D eigenvalue weighted by Crippen LogP contribution is 2.17. The molecule has 1 saturated carbocycles. The van der Waals surface area contributed by atoms with Gasteiger partial charge in [0.05, 0.1) is 0 Å². The average Bonchev–Trinajstić information content (AvgIpc) is 2.46. The van der Waals surface area contributed by atoms with Crippen LogP contribution in [-0.4, -0.2) is 22.0 Å². The molecule has 0 saturated heterocycles. The maximum absolute atomic E-state index is 5.88. The van der Waals surface area contributed by atoms with Crippen LogP contribution in [0.3, 0.4) is 0 Å². The number of hydrazone groups is 1. The summed E-state index contributed by atoms with van der Waals surface area (Å²) in [5.74, 6) is 0.335. The van der Waals surface area contributed by atoms with Crippen molar-refractivity contribution in [3.63, 3.8) is 0 Å². The second kappa shape index (κ2) is 7.19. The molecule has 1 fully saturated rings. The van der Waals surface area contributed by atoms with Gasteiger partial charge in [0.15, 0.2) is 10.9 Å². The van der Waals surface area contributed by atoms with Crippen molar-refractivity contribution in [1.82, 2.24) is 15.7 Å². The summed E-state index contributed by atoms with van der Waals surface area (Å²) < 4.78 is 0. The normalized spacial score (nSPS) is 16.8. The summed E-state index contributed by atoms with van der Waals surface area (Å²) >= 11 is 5.22. The summed E-state index contributed by atoms with van der Waals surface area (Å²) in [6.45, 7) is 1.99. The smallest absolute Gasteiger partial charge is 0.187 e. The first-order valence-electron chi connectivity index (χ1n) is 6.98. The van der Waals surface area contributed by atoms with Gasteiger partial charge in [0, 0.05) is 12.2 Å². The Labute approximate surface area is 125 Å². The second-order valence-corrected chi connectivity index (χ2v) is 5.54. The molecule has 0 unspecified atom stereocenters. The number of hydrogen-bond donors (Lipinski definition) is 3. The SMILES string of the molecule is Cc1ccnc(/C(N)=N/NC(=S)NC2CCCCC2)c1. The van der Waals surface area contributed by atoms with Crippen molar-refractivity contribution in [1.29, 1.82) is 0 Å². The number of nitrogens with one attached hydrogen (secondary N) is 2. The molecular formula is C14H21N5S. The van der Waals surface area contributed by atoms with Crippen LogP contribution in [0.4, 0.5) is 0 Å². The first kappa shape index (κ1) is 14.7. The lowest BCUT2D eigenvalue weighted by Crippen LogP contribution is -2.41. The highest BCUT2D eigenvalue weighted by atomic mass is 32.1. The monoisotopic (exact) mass is 291 g/mol. The number of aromatic nitrogens is 1. The zero-order chi connectivity index (χ0) is 14.4. The van der Waals surface area contributed by atoms with E-state index in [4.69, 9.17) is 18.0 Å². The Hall–Kier alpha value is -1.69. The van der Waals surface area contributed by atoms with Gasteiger partial charge in [-0.15, -0.1) is 0 Å². The molecule has 108 valence electrons. The average molecular weight is 291 g/mol. The lowest BCUT2D eigenvalue weighted by atomic mass is 9.96. The fourth-order valence-electron chi connectivity index (χ4n) is 2.31. The number of amidine groups is 1. The fraction of sp³-hybridized carbons (Fsp3) is 0.500. The van der Waals surface area contributed by atoms with E-state index in [-0.39, 0.29) is 0 Å². The molecule has 1 aliphatic rings. The summed E-state index contributed by atoms with van der Waals surface area (Å²) in [4.78, 5) is 4.17. The molecule has 4 N–H and O–H groups in total. The van der Waals surface area contributed by atoms with Gasteiger partial charge in [-0.2, -0.15) is 5.10 Å². The molecule has 0 amide bonds. The zero-order valence-electron chi connectivity index (χ0n) is 11.7. The van der Waals surface area contributed by atoms with Gasteiger partial charge in [0.25, 0.3) is 0 Å². The highest BCUT2D eigenvalue weighted by molar-refractivity contribution is 7.80. The third kappa shape index (κ3) is 4.45. The topological polar surface area (TPSA) is 75.3 Å². The molecule has 0 aromatic carbocycles. The van der Waals surface area contributed by atoms with Crippen LogP contribution < -0.4 is 16.5 Å². The van der Waals surface area contributed by atoms with Crippen LogP contribution in [0.15, 0.2) is 23.4 Å². The van der Waals surface area contributed by atoms with Gasteiger partial charge in [0.1, 0.15) is 5.69 Å². The van der Waals surface area contributed by atoms with E-state index in [2.05, 4.69) is 20.8 Å². The van der Waals surface area contributed by atoms with Gasteiger partial charge in [-0.3, -0.25) is 10.4 Å². The van der Waals surface area contributed by atoms with Gasteiger partial charge in [-0.1, -0.05) is 19.3 Å². The Morgan fingerprint density at radius 2 is 2.15 bits per heavy atom. The van der Waals surface area contributed by atoms with Crippen LogP contribution in [0.5, 0.6) is 0 Å². The lowest BCUT2D eigenvalue weighted by Gasteiger charge is -2.23. The fourth-order valence-corrected chi connectivity index (χ4v) is 2.52. The van der Waals surface area contributed by atoms with Gasteiger partial charge in [-0.05, 0) is 49.7 Å². The summed E-state index contributed by atoms with van der Waals surface area (Å²) in [5, 5.41) is 7.87. The third-order valence-corrected chi connectivity index (χ3v) is 3.61. The number of nitrogens with zero attached hydrogens (tertiary/aromatic N) is 2. The molecule has 1 aromatic heterocycles. The van der Waals surface area contributed by atoms with Crippen molar-refractivity contribution in [2.24, 2.45) is 10.8 Å². The molecule has 1 heterocycles. The standard InChI is InChI=1S/C14H21N5S/c1-10-7-8-16-12(9-10)13(15)18-19-14(20)17-11-5-3-2-4-6-11/h7-9,11H,2-6H2,1H3,(H2,15,18)(H2,17,19,20). The molecule has 0 atom stereocenters. The first-order valence-corrected chi connectivity index (χ1v) is 7.38. The lowest BCUT2D eigenvalue weighted by molar-refractivity contribution is 0.412. The molecular weight excluding hydrogens is 270 g/mol. The molecule has 6 heteroatoms. The van der Waals surface area contributed by atoms with Crippen molar-refractivity contribution >= 4 is 23.2 Å². The maximum atomic E-state index is 5.88. The predicted molar refractivity (Wildman–Crippen MR) is 85.4 cm³/mol. The quantitative estimate of drug-likeness (QED) is 0.343. The number of thiocarbonyl (C=S) groups is 1. The Morgan fingerprint density at radius 3 is 2.85 bits per heavy atom. The van der Waals surface area contributed by atoms with E-state index in [0.717, 1.165) is 5.56 Å². The zero-order valence-corrected chi connectivity index (χ0v) is 12.5. The second-order valence-electron chi connectivity index (χ2n) is 5.14. The van der Waals surface area contributed by atoms with Crippen LogP contribution in [0.1, 0.15) is 43.4 Å². The van der Waals surface area contributed by atoms with Crippen molar-refractivity contribution in [2.45, 2.75) is 45.1 Å². The van der Waals surface area contributed by atoms with Gasteiger partial charge < -0.3 is 11.1 Å². The third-order valence-electron chi connectivity index (χ3n) is 3.40. The molecule has 0 bridgehead atoms. The minimum Gasteiger partial charge on any atom is -0.380 e. The molecule has 5 nitrogen and oxygen atoms in total. The van der Waals surface area contributed by atoms with Crippen molar-refractivity contribution in [2.75, 3.05) is 0 Å². The molecule has 0 aliphatic heterocycles. The number of aryl methyl sites for hydroxylation is 1. The number of hydrogen-bond acceptors (Lipinski definition) is 3. The van der Waals surface area contributed by atoms with Crippen molar-refractivity contribution in [3.8, 4) is 0 Å². The van der Waals surface area contributed by atoms with E-state index in [1.54, 1.807) is 6.20 Å². The Bertz CT molecular complexity index is 494. The molecule has 1 aliphatic carbocycles. The van der Waals surface area contributed by atoms with E-state index in [1.165, 1.54) is 32.1 Å². The van der Waals surface area contributed by atoms with Crippen LogP contribution >= 0.6 is 12.2 Å². The van der Waals surface area contributed by atoms with Crippen LogP contribution in [0.25, 0.3) is 0 Å². The largest absolute Gasteiger partial charge is 0.380 e.